The summed E-state index contributed by atoms with van der Waals surface area (Å²) >= 11 is 0. The molecular weight excluding hydrogens is 347 g/mol. The van der Waals surface area contributed by atoms with Crippen LogP contribution in [0.4, 0.5) is 18.9 Å². The lowest BCUT2D eigenvalue weighted by molar-refractivity contribution is -0.138. The highest BCUT2D eigenvalue weighted by molar-refractivity contribution is 5.95. The van der Waals surface area contributed by atoms with Gasteiger partial charge in [-0.2, -0.15) is 13.2 Å². The van der Waals surface area contributed by atoms with E-state index >= 15 is 0 Å². The summed E-state index contributed by atoms with van der Waals surface area (Å²) < 4.78 is 39.3. The van der Waals surface area contributed by atoms with Crippen molar-refractivity contribution in [1.29, 1.82) is 0 Å². The number of amides is 1. The number of benzene rings is 2. The topological polar surface area (TPSA) is 66.4 Å². The minimum atomic E-state index is -4.44. The van der Waals surface area contributed by atoms with Gasteiger partial charge in [0.15, 0.2) is 0 Å². The van der Waals surface area contributed by atoms with Gasteiger partial charge in [-0.05, 0) is 41.7 Å². The summed E-state index contributed by atoms with van der Waals surface area (Å²) in [7, 11) is 0. The summed E-state index contributed by atoms with van der Waals surface area (Å²) in [5.74, 6) is -2.24. The summed E-state index contributed by atoms with van der Waals surface area (Å²) in [5.41, 5.74) is 0.535. The Labute approximate surface area is 147 Å². The Bertz CT molecular complexity index is 831. The third kappa shape index (κ3) is 4.04. The van der Waals surface area contributed by atoms with Crippen molar-refractivity contribution < 1.29 is 27.9 Å². The maximum absolute atomic E-state index is 13.1. The van der Waals surface area contributed by atoms with Gasteiger partial charge in [0.25, 0.3) is 0 Å². The first-order valence-corrected chi connectivity index (χ1v) is 8.03. The fourth-order valence-corrected chi connectivity index (χ4v) is 3.02. The van der Waals surface area contributed by atoms with E-state index in [1.807, 2.05) is 0 Å². The van der Waals surface area contributed by atoms with Gasteiger partial charge < -0.3 is 10.4 Å². The molecule has 1 aliphatic rings. The smallest absolute Gasteiger partial charge is 0.416 e. The molecule has 2 aromatic rings. The minimum Gasteiger partial charge on any atom is -0.481 e. The number of halogens is 3. The Kier molecular flexibility index (Phi) is 4.71. The molecule has 1 amide bonds. The van der Waals surface area contributed by atoms with Crippen LogP contribution in [-0.4, -0.2) is 17.0 Å². The van der Waals surface area contributed by atoms with Crippen LogP contribution in [0.1, 0.15) is 29.0 Å². The second-order valence-electron chi connectivity index (χ2n) is 6.29. The molecule has 3 rings (SSSR count). The van der Waals surface area contributed by atoms with Crippen molar-refractivity contribution in [2.24, 2.45) is 5.92 Å². The molecule has 136 valence electrons. The zero-order valence-corrected chi connectivity index (χ0v) is 13.6. The highest BCUT2D eigenvalue weighted by Crippen LogP contribution is 2.51. The van der Waals surface area contributed by atoms with Gasteiger partial charge in [-0.1, -0.05) is 30.3 Å². The number of carboxylic acids is 1. The number of nitrogens with one attached hydrogen (secondary N) is 1. The molecular formula is C19H16F3NO3. The molecule has 2 atom stereocenters. The van der Waals surface area contributed by atoms with Gasteiger partial charge >= 0.3 is 12.1 Å². The largest absolute Gasteiger partial charge is 0.481 e. The van der Waals surface area contributed by atoms with Crippen LogP contribution in [0.15, 0.2) is 48.5 Å². The van der Waals surface area contributed by atoms with E-state index in [4.69, 9.17) is 5.11 Å². The van der Waals surface area contributed by atoms with E-state index in [0.717, 1.165) is 6.07 Å². The lowest BCUT2D eigenvalue weighted by atomic mass is 10.0. The number of rotatable bonds is 5. The van der Waals surface area contributed by atoms with Crippen LogP contribution in [0.5, 0.6) is 0 Å². The van der Waals surface area contributed by atoms with Gasteiger partial charge in [0.1, 0.15) is 0 Å². The van der Waals surface area contributed by atoms with E-state index in [1.54, 1.807) is 30.3 Å². The number of hydrogen-bond donors (Lipinski definition) is 2. The van der Waals surface area contributed by atoms with Gasteiger partial charge in [-0.3, -0.25) is 9.59 Å². The number of aliphatic carboxylic acids is 1. The lowest BCUT2D eigenvalue weighted by Gasteiger charge is -2.12. The fourth-order valence-electron chi connectivity index (χ4n) is 3.02. The molecule has 0 saturated heterocycles. The zero-order chi connectivity index (χ0) is 18.9. The van der Waals surface area contributed by atoms with Crippen molar-refractivity contribution >= 4 is 17.6 Å². The molecule has 2 N–H and O–H groups in total. The van der Waals surface area contributed by atoms with Crippen LogP contribution in [0, 0.1) is 5.92 Å². The number of hydrogen-bond acceptors (Lipinski definition) is 2. The van der Waals surface area contributed by atoms with Crippen molar-refractivity contribution in [3.8, 4) is 0 Å². The second kappa shape index (κ2) is 6.82. The highest BCUT2D eigenvalue weighted by atomic mass is 19.4. The molecule has 1 aliphatic carbocycles. The molecule has 0 aliphatic heterocycles. The molecule has 7 heteroatoms. The molecule has 2 unspecified atom stereocenters. The first-order valence-electron chi connectivity index (χ1n) is 8.03. The average Bonchev–Trinajstić information content (AvgIpc) is 3.36. The van der Waals surface area contributed by atoms with E-state index in [1.165, 1.54) is 12.1 Å². The quantitative estimate of drug-likeness (QED) is 0.841. The standard InChI is InChI=1S/C19H16F3NO3/c20-19(21,22)16-4-2-1-3-13(16)14-10-15(14)18(26)23-12-7-5-11(6-8-12)9-17(24)25/h1-8,14-15H,9-10H2,(H,23,26)(H,24,25). The molecule has 0 aromatic heterocycles. The molecule has 2 aromatic carbocycles. The van der Waals surface area contributed by atoms with Crippen molar-refractivity contribution in [3.63, 3.8) is 0 Å². The van der Waals surface area contributed by atoms with Crippen molar-refractivity contribution in [1.82, 2.24) is 0 Å². The van der Waals surface area contributed by atoms with Crippen LogP contribution < -0.4 is 5.32 Å². The van der Waals surface area contributed by atoms with Gasteiger partial charge in [0.2, 0.25) is 5.91 Å². The molecule has 0 spiro atoms. The van der Waals surface area contributed by atoms with Crippen LogP contribution in [0.3, 0.4) is 0 Å². The molecule has 1 saturated carbocycles. The third-order valence-electron chi connectivity index (χ3n) is 4.37. The van der Waals surface area contributed by atoms with E-state index in [0.29, 0.717) is 17.7 Å². The summed E-state index contributed by atoms with van der Waals surface area (Å²) in [4.78, 5) is 22.9. The zero-order valence-electron chi connectivity index (χ0n) is 13.6. The number of carbonyl (C=O) groups excluding carboxylic acids is 1. The predicted octanol–water partition coefficient (Wildman–Crippen LogP) is 4.07. The Morgan fingerprint density at radius 3 is 2.35 bits per heavy atom. The van der Waals surface area contributed by atoms with E-state index in [-0.39, 0.29) is 17.9 Å². The first-order chi connectivity index (χ1) is 12.3. The summed E-state index contributed by atoms with van der Waals surface area (Å²) in [5, 5.41) is 11.4. The molecule has 26 heavy (non-hydrogen) atoms. The van der Waals surface area contributed by atoms with Gasteiger partial charge in [0.05, 0.1) is 12.0 Å². The maximum Gasteiger partial charge on any atom is 0.416 e. The van der Waals surface area contributed by atoms with Crippen LogP contribution in [0.2, 0.25) is 0 Å². The Balaban J connectivity index is 1.66. The number of alkyl halides is 3. The Hall–Kier alpha value is -2.83. The van der Waals surface area contributed by atoms with E-state index < -0.39 is 29.5 Å². The van der Waals surface area contributed by atoms with Crippen molar-refractivity contribution in [2.75, 3.05) is 5.32 Å². The number of carboxylic acid groups (broad SMARTS) is 1. The summed E-state index contributed by atoms with van der Waals surface area (Å²) in [6.07, 6.45) is -4.19. The summed E-state index contributed by atoms with van der Waals surface area (Å²) in [6, 6.07) is 11.7. The predicted molar refractivity (Wildman–Crippen MR) is 88.7 cm³/mol. The fraction of sp³-hybridized carbons (Fsp3) is 0.263. The normalized spacial score (nSPS) is 19.0. The molecule has 0 heterocycles. The van der Waals surface area contributed by atoms with Crippen LogP contribution in [0.25, 0.3) is 0 Å². The number of carbonyl (C=O) groups is 2. The van der Waals surface area contributed by atoms with Gasteiger partial charge in [-0.15, -0.1) is 0 Å². The SMILES string of the molecule is O=C(O)Cc1ccc(NC(=O)C2CC2c2ccccc2C(F)(F)F)cc1. The van der Waals surface area contributed by atoms with Crippen LogP contribution in [-0.2, 0) is 22.2 Å². The lowest BCUT2D eigenvalue weighted by Crippen LogP contribution is -2.15. The second-order valence-corrected chi connectivity index (χ2v) is 6.29. The first kappa shape index (κ1) is 18.0. The highest BCUT2D eigenvalue weighted by Gasteiger charge is 2.47. The average molecular weight is 363 g/mol. The minimum absolute atomic E-state index is 0.118. The molecule has 0 bridgehead atoms. The van der Waals surface area contributed by atoms with Gasteiger partial charge in [0, 0.05) is 11.6 Å². The number of anilines is 1. The van der Waals surface area contributed by atoms with E-state index in [9.17, 15) is 22.8 Å². The van der Waals surface area contributed by atoms with Crippen molar-refractivity contribution in [3.05, 3.63) is 65.2 Å². The molecule has 0 radical (unpaired) electrons. The molecule has 1 fully saturated rings. The van der Waals surface area contributed by atoms with Crippen molar-refractivity contribution in [2.45, 2.75) is 24.9 Å². The van der Waals surface area contributed by atoms with E-state index in [2.05, 4.69) is 5.32 Å². The Morgan fingerprint density at radius 2 is 1.73 bits per heavy atom. The summed E-state index contributed by atoms with van der Waals surface area (Å²) in [6.45, 7) is 0. The Morgan fingerprint density at radius 1 is 1.08 bits per heavy atom. The monoisotopic (exact) mass is 363 g/mol. The maximum atomic E-state index is 13.1. The van der Waals surface area contributed by atoms with Gasteiger partial charge in [-0.25, -0.2) is 0 Å². The third-order valence-corrected chi connectivity index (χ3v) is 4.37. The molecule has 4 nitrogen and oxygen atoms in total. The van der Waals surface area contributed by atoms with Crippen LogP contribution >= 0.6 is 0 Å².